The lowest BCUT2D eigenvalue weighted by molar-refractivity contribution is 0.295. The first kappa shape index (κ1) is 22.2. The highest BCUT2D eigenvalue weighted by Crippen LogP contribution is 2.13. The summed E-state index contributed by atoms with van der Waals surface area (Å²) in [5.74, 6) is 0.835. The third kappa shape index (κ3) is 7.49. The maximum absolute atomic E-state index is 5.84. The van der Waals surface area contributed by atoms with Crippen LogP contribution in [-0.4, -0.2) is 42.0 Å². The highest BCUT2D eigenvalue weighted by Gasteiger charge is 2.06. The van der Waals surface area contributed by atoms with E-state index in [1.165, 1.54) is 11.1 Å². The Morgan fingerprint density at radius 1 is 1.04 bits per heavy atom. The topological polar surface area (TPSA) is 52.6 Å². The van der Waals surface area contributed by atoms with Gasteiger partial charge >= 0.3 is 0 Å². The van der Waals surface area contributed by atoms with Crippen molar-refractivity contribution in [2.75, 3.05) is 26.2 Å². The van der Waals surface area contributed by atoms with Gasteiger partial charge in [-0.3, -0.25) is 4.90 Å². The number of aliphatic imine (C=N–C) groups is 1. The zero-order valence-electron chi connectivity index (χ0n) is 17.2. The van der Waals surface area contributed by atoms with Gasteiger partial charge in [0.05, 0.1) is 6.54 Å². The van der Waals surface area contributed by atoms with Crippen molar-refractivity contribution < 1.29 is 0 Å². The number of halogens is 1. The molecule has 1 aromatic carbocycles. The number of aromatic nitrogens is 1. The summed E-state index contributed by atoms with van der Waals surface area (Å²) in [6.45, 7) is 11.8. The summed E-state index contributed by atoms with van der Waals surface area (Å²) in [6, 6.07) is 12.4. The average molecular weight is 402 g/mol. The number of nitrogens with zero attached hydrogens (tertiary/aromatic N) is 3. The van der Waals surface area contributed by atoms with Gasteiger partial charge in [0.2, 0.25) is 0 Å². The van der Waals surface area contributed by atoms with E-state index in [0.717, 1.165) is 50.7 Å². The summed E-state index contributed by atoms with van der Waals surface area (Å²) >= 11 is 5.84. The molecule has 0 atom stereocenters. The van der Waals surface area contributed by atoms with Crippen LogP contribution in [-0.2, 0) is 19.5 Å². The van der Waals surface area contributed by atoms with Crippen LogP contribution in [0.3, 0.4) is 0 Å². The summed E-state index contributed by atoms with van der Waals surface area (Å²) in [7, 11) is 0. The van der Waals surface area contributed by atoms with Crippen LogP contribution in [0.4, 0.5) is 0 Å². The lowest BCUT2D eigenvalue weighted by Gasteiger charge is -2.20. The number of rotatable bonds is 10. The lowest BCUT2D eigenvalue weighted by atomic mass is 10.1. The second-order valence-electron chi connectivity index (χ2n) is 6.59. The molecule has 28 heavy (non-hydrogen) atoms. The minimum absolute atomic E-state index is 0.523. The molecule has 5 nitrogen and oxygen atoms in total. The molecule has 0 saturated carbocycles. The van der Waals surface area contributed by atoms with Crippen LogP contribution in [0.2, 0.25) is 5.15 Å². The highest BCUT2D eigenvalue weighted by atomic mass is 35.5. The van der Waals surface area contributed by atoms with Crippen LogP contribution in [0, 0.1) is 0 Å². The molecule has 2 rings (SSSR count). The molecule has 2 N–H and O–H groups in total. The number of hydrogen-bond acceptors (Lipinski definition) is 3. The maximum atomic E-state index is 5.84. The normalized spacial score (nSPS) is 11.7. The highest BCUT2D eigenvalue weighted by molar-refractivity contribution is 6.29. The van der Waals surface area contributed by atoms with Gasteiger partial charge in [-0.25, -0.2) is 9.98 Å². The minimum Gasteiger partial charge on any atom is -0.357 e. The predicted octanol–water partition coefficient (Wildman–Crippen LogP) is 3.87. The Bertz CT molecular complexity index is 726. The first-order valence-corrected chi connectivity index (χ1v) is 10.5. The molecular weight excluding hydrogens is 370 g/mol. The van der Waals surface area contributed by atoms with Crippen molar-refractivity contribution in [1.82, 2.24) is 20.5 Å². The SMILES string of the molecule is CCNC(=NCc1ccccc1CN(CC)CC)NCCc1ccc(Cl)nc1. The summed E-state index contributed by atoms with van der Waals surface area (Å²) in [4.78, 5) is 11.3. The van der Waals surface area contributed by atoms with Gasteiger partial charge in [0.25, 0.3) is 0 Å². The molecule has 0 aliphatic heterocycles. The first-order valence-electron chi connectivity index (χ1n) is 10.1. The van der Waals surface area contributed by atoms with E-state index >= 15 is 0 Å². The molecule has 0 aliphatic carbocycles. The molecule has 1 heterocycles. The van der Waals surface area contributed by atoms with E-state index in [1.54, 1.807) is 0 Å². The second kappa shape index (κ2) is 12.4. The number of pyridine rings is 1. The number of nitrogens with one attached hydrogen (secondary N) is 2. The summed E-state index contributed by atoms with van der Waals surface area (Å²) < 4.78 is 0. The summed E-state index contributed by atoms with van der Waals surface area (Å²) in [5.41, 5.74) is 3.77. The van der Waals surface area contributed by atoms with Crippen molar-refractivity contribution in [2.24, 2.45) is 4.99 Å². The summed E-state index contributed by atoms with van der Waals surface area (Å²) in [6.07, 6.45) is 2.69. The van der Waals surface area contributed by atoms with Gasteiger partial charge in [0.15, 0.2) is 5.96 Å². The minimum atomic E-state index is 0.523. The largest absolute Gasteiger partial charge is 0.357 e. The molecule has 2 aromatic rings. The number of hydrogen-bond donors (Lipinski definition) is 2. The Morgan fingerprint density at radius 2 is 1.79 bits per heavy atom. The van der Waals surface area contributed by atoms with Gasteiger partial charge in [0.1, 0.15) is 5.15 Å². The number of guanidine groups is 1. The Morgan fingerprint density at radius 3 is 2.43 bits per heavy atom. The quantitative estimate of drug-likeness (QED) is 0.360. The molecule has 0 spiro atoms. The lowest BCUT2D eigenvalue weighted by Crippen LogP contribution is -2.38. The van der Waals surface area contributed by atoms with Gasteiger partial charge in [-0.1, -0.05) is 55.8 Å². The van der Waals surface area contributed by atoms with Crippen LogP contribution in [0.1, 0.15) is 37.5 Å². The first-order chi connectivity index (χ1) is 13.7. The second-order valence-corrected chi connectivity index (χ2v) is 6.98. The maximum Gasteiger partial charge on any atom is 0.191 e. The monoisotopic (exact) mass is 401 g/mol. The van der Waals surface area contributed by atoms with Crippen LogP contribution in [0.15, 0.2) is 47.6 Å². The van der Waals surface area contributed by atoms with E-state index in [-0.39, 0.29) is 0 Å². The van der Waals surface area contributed by atoms with Crippen LogP contribution in [0.5, 0.6) is 0 Å². The zero-order valence-corrected chi connectivity index (χ0v) is 18.0. The summed E-state index contributed by atoms with van der Waals surface area (Å²) in [5, 5.41) is 7.25. The van der Waals surface area contributed by atoms with Crippen molar-refractivity contribution in [1.29, 1.82) is 0 Å². The van der Waals surface area contributed by atoms with E-state index < -0.39 is 0 Å². The Labute approximate surface area is 174 Å². The van der Waals surface area contributed by atoms with Crippen LogP contribution < -0.4 is 10.6 Å². The molecule has 0 fully saturated rings. The molecule has 0 bridgehead atoms. The fourth-order valence-electron chi connectivity index (χ4n) is 2.94. The molecule has 0 saturated heterocycles. The van der Waals surface area contributed by atoms with Crippen molar-refractivity contribution >= 4 is 17.6 Å². The smallest absolute Gasteiger partial charge is 0.191 e. The van der Waals surface area contributed by atoms with Gasteiger partial charge in [-0.2, -0.15) is 0 Å². The third-order valence-electron chi connectivity index (χ3n) is 4.65. The Hall–Kier alpha value is -2.11. The molecule has 6 heteroatoms. The van der Waals surface area contributed by atoms with Crippen LogP contribution in [0.25, 0.3) is 0 Å². The molecule has 0 unspecified atom stereocenters. The van der Waals surface area contributed by atoms with Gasteiger partial charge in [-0.05, 0) is 49.2 Å². The molecule has 0 radical (unpaired) electrons. The Kier molecular flexibility index (Phi) is 9.80. The van der Waals surface area contributed by atoms with Gasteiger partial charge in [-0.15, -0.1) is 0 Å². The molecule has 0 amide bonds. The zero-order chi connectivity index (χ0) is 20.2. The fraction of sp³-hybridized carbons (Fsp3) is 0.455. The fourth-order valence-corrected chi connectivity index (χ4v) is 3.05. The van der Waals surface area contributed by atoms with E-state index in [4.69, 9.17) is 16.6 Å². The standard InChI is InChI=1S/C22H32ClN5/c1-4-24-22(25-14-13-18-11-12-21(23)26-15-18)27-16-19-9-7-8-10-20(19)17-28(5-2)6-3/h7-12,15H,4-6,13-14,16-17H2,1-3H3,(H2,24,25,27). The van der Waals surface area contributed by atoms with Crippen molar-refractivity contribution in [2.45, 2.75) is 40.3 Å². The predicted molar refractivity (Wildman–Crippen MR) is 119 cm³/mol. The van der Waals surface area contributed by atoms with E-state index in [2.05, 4.69) is 65.6 Å². The Balaban J connectivity index is 1.97. The van der Waals surface area contributed by atoms with E-state index in [9.17, 15) is 0 Å². The molecule has 152 valence electrons. The third-order valence-corrected chi connectivity index (χ3v) is 4.88. The van der Waals surface area contributed by atoms with E-state index in [1.807, 2.05) is 18.3 Å². The number of benzene rings is 1. The van der Waals surface area contributed by atoms with E-state index in [0.29, 0.717) is 11.7 Å². The van der Waals surface area contributed by atoms with Crippen molar-refractivity contribution in [3.63, 3.8) is 0 Å². The average Bonchev–Trinajstić information content (AvgIpc) is 2.72. The molecule has 0 aliphatic rings. The van der Waals surface area contributed by atoms with Gasteiger partial charge in [0, 0.05) is 25.8 Å². The van der Waals surface area contributed by atoms with Crippen molar-refractivity contribution in [3.05, 3.63) is 64.4 Å². The molecule has 1 aromatic heterocycles. The van der Waals surface area contributed by atoms with Gasteiger partial charge < -0.3 is 10.6 Å². The van der Waals surface area contributed by atoms with Crippen LogP contribution >= 0.6 is 11.6 Å². The molecular formula is C22H32ClN5. The van der Waals surface area contributed by atoms with Crippen molar-refractivity contribution in [3.8, 4) is 0 Å².